The maximum atomic E-state index is 2.44. The monoisotopic (exact) mass is 374 g/mol. The molecule has 0 N–H and O–H groups in total. The van der Waals surface area contributed by atoms with Gasteiger partial charge in [-0.25, -0.2) is 0 Å². The maximum absolute atomic E-state index is 2.44. The average Bonchev–Trinajstić information content (AvgIpc) is 3.16. The molecule has 1 aliphatic heterocycles. The number of hydrogen-bond acceptors (Lipinski definition) is 0. The van der Waals surface area contributed by atoms with E-state index in [1.54, 1.807) is 43.6 Å². The van der Waals surface area contributed by atoms with E-state index in [-0.39, 0.29) is 7.92 Å². The van der Waals surface area contributed by atoms with Crippen molar-refractivity contribution in [2.75, 3.05) is 12.3 Å². The van der Waals surface area contributed by atoms with Crippen LogP contribution in [0.25, 0.3) is 0 Å². The van der Waals surface area contributed by atoms with Crippen LogP contribution in [0.15, 0.2) is 30.3 Å². The van der Waals surface area contributed by atoms with Crippen LogP contribution in [-0.2, 0) is 0 Å². The molecular formula is C23H36P2. The van der Waals surface area contributed by atoms with Crippen molar-refractivity contribution in [3.63, 3.8) is 0 Å². The summed E-state index contributed by atoms with van der Waals surface area (Å²) in [6, 6.07) is 11.6. The van der Waals surface area contributed by atoms with Crippen molar-refractivity contribution in [3.05, 3.63) is 30.3 Å². The lowest BCUT2D eigenvalue weighted by atomic mass is 9.99. The van der Waals surface area contributed by atoms with Crippen LogP contribution in [0.2, 0.25) is 0 Å². The predicted molar refractivity (Wildman–Crippen MR) is 116 cm³/mol. The molecule has 0 amide bonds. The van der Waals surface area contributed by atoms with Crippen molar-refractivity contribution in [1.82, 2.24) is 0 Å². The second kappa shape index (κ2) is 9.33. The van der Waals surface area contributed by atoms with Gasteiger partial charge in [-0.05, 0) is 73.1 Å². The molecule has 1 aromatic carbocycles. The maximum Gasteiger partial charge on any atom is -0.0129 e. The van der Waals surface area contributed by atoms with Crippen molar-refractivity contribution in [2.45, 2.75) is 94.0 Å². The van der Waals surface area contributed by atoms with Gasteiger partial charge in [0.2, 0.25) is 0 Å². The third kappa shape index (κ3) is 4.68. The Morgan fingerprint density at radius 3 is 1.92 bits per heavy atom. The quantitative estimate of drug-likeness (QED) is 0.482. The van der Waals surface area contributed by atoms with Gasteiger partial charge >= 0.3 is 0 Å². The van der Waals surface area contributed by atoms with Gasteiger partial charge in [0.15, 0.2) is 0 Å². The van der Waals surface area contributed by atoms with E-state index in [0.717, 1.165) is 17.0 Å². The molecule has 1 aromatic rings. The summed E-state index contributed by atoms with van der Waals surface area (Å²) < 4.78 is 0. The van der Waals surface area contributed by atoms with Crippen molar-refractivity contribution in [3.8, 4) is 0 Å². The molecule has 1 heterocycles. The molecular weight excluding hydrogens is 338 g/mol. The Hall–Kier alpha value is 0.0800. The van der Waals surface area contributed by atoms with Gasteiger partial charge in [0, 0.05) is 0 Å². The fourth-order valence-corrected chi connectivity index (χ4v) is 13.5. The Labute approximate surface area is 158 Å². The second-order valence-electron chi connectivity index (χ2n) is 8.61. The average molecular weight is 374 g/mol. The summed E-state index contributed by atoms with van der Waals surface area (Å²) in [4.78, 5) is 0. The highest BCUT2D eigenvalue weighted by molar-refractivity contribution is 7.68. The molecule has 138 valence electrons. The van der Waals surface area contributed by atoms with Gasteiger partial charge in [-0.15, -0.1) is 0 Å². The summed E-state index contributed by atoms with van der Waals surface area (Å²) in [5.74, 6) is 0. The topological polar surface area (TPSA) is 0 Å². The molecule has 2 unspecified atom stereocenters. The van der Waals surface area contributed by atoms with Crippen LogP contribution >= 0.6 is 15.8 Å². The highest BCUT2D eigenvalue weighted by Gasteiger charge is 2.36. The Morgan fingerprint density at radius 1 is 0.720 bits per heavy atom. The normalized spacial score (nSPS) is 29.3. The molecule has 25 heavy (non-hydrogen) atoms. The molecule has 0 spiro atoms. The van der Waals surface area contributed by atoms with Gasteiger partial charge in [-0.3, -0.25) is 0 Å². The largest absolute Gasteiger partial charge is 0.0997 e. The third-order valence-corrected chi connectivity index (χ3v) is 14.1. The minimum absolute atomic E-state index is 0.138. The van der Waals surface area contributed by atoms with Crippen molar-refractivity contribution in [2.24, 2.45) is 0 Å². The van der Waals surface area contributed by atoms with Crippen LogP contribution in [-0.4, -0.2) is 29.3 Å². The van der Waals surface area contributed by atoms with Crippen LogP contribution in [0.1, 0.15) is 77.0 Å². The SMILES string of the molecule is c1ccc(P2CCCC2CP(C2CCCCC2)C2CCCCC2)cc1. The van der Waals surface area contributed by atoms with E-state index in [2.05, 4.69) is 30.3 Å². The van der Waals surface area contributed by atoms with Gasteiger partial charge in [0.05, 0.1) is 0 Å². The first kappa shape index (κ1) is 18.4. The van der Waals surface area contributed by atoms with Crippen LogP contribution in [0.5, 0.6) is 0 Å². The summed E-state index contributed by atoms with van der Waals surface area (Å²) in [5, 5.41) is 1.71. The number of benzene rings is 1. The zero-order valence-corrected chi connectivity index (χ0v) is 17.7. The molecule has 3 aliphatic rings. The Bertz CT molecular complexity index is 484. The van der Waals surface area contributed by atoms with Crippen LogP contribution in [0.4, 0.5) is 0 Å². The molecule has 1 saturated heterocycles. The fourth-order valence-electron chi connectivity index (χ4n) is 5.65. The third-order valence-electron chi connectivity index (χ3n) is 6.97. The first-order valence-electron chi connectivity index (χ1n) is 11.0. The van der Waals surface area contributed by atoms with E-state index in [1.807, 2.05) is 0 Å². The lowest BCUT2D eigenvalue weighted by molar-refractivity contribution is 0.483. The van der Waals surface area contributed by atoms with Crippen molar-refractivity contribution in [1.29, 1.82) is 0 Å². The molecule has 2 heteroatoms. The van der Waals surface area contributed by atoms with Gasteiger partial charge in [0.25, 0.3) is 0 Å². The molecule has 2 aliphatic carbocycles. The van der Waals surface area contributed by atoms with E-state index < -0.39 is 0 Å². The molecule has 3 fully saturated rings. The molecule has 2 atom stereocenters. The van der Waals surface area contributed by atoms with E-state index in [9.17, 15) is 0 Å². The zero-order chi connectivity index (χ0) is 16.9. The molecule has 4 rings (SSSR count). The lowest BCUT2D eigenvalue weighted by Gasteiger charge is -2.40. The van der Waals surface area contributed by atoms with Crippen LogP contribution in [0, 0.1) is 0 Å². The molecule has 2 saturated carbocycles. The summed E-state index contributed by atoms with van der Waals surface area (Å²) in [5.41, 5.74) is 3.34. The first-order valence-corrected chi connectivity index (χ1v) is 14.3. The lowest BCUT2D eigenvalue weighted by Crippen LogP contribution is -2.25. The minimum atomic E-state index is 0.138. The second-order valence-corrected chi connectivity index (χ2v) is 14.1. The van der Waals surface area contributed by atoms with Gasteiger partial charge in [-0.2, -0.15) is 0 Å². The highest BCUT2D eigenvalue weighted by atomic mass is 31.1. The molecule has 0 nitrogen and oxygen atoms in total. The standard InChI is InChI=1S/C23H36P2/c1-4-11-20(12-5-1)24-18-10-17-23(24)19-25(21-13-6-2-7-14-21)22-15-8-3-9-16-22/h1,4-5,11-12,21-23H,2-3,6-10,13-19H2. The fraction of sp³-hybridized carbons (Fsp3) is 0.739. The van der Waals surface area contributed by atoms with Crippen LogP contribution < -0.4 is 5.30 Å². The summed E-state index contributed by atoms with van der Waals surface area (Å²) in [7, 11) is 0.429. The van der Waals surface area contributed by atoms with Gasteiger partial charge in [-0.1, -0.05) is 84.7 Å². The highest BCUT2D eigenvalue weighted by Crippen LogP contribution is 2.61. The van der Waals surface area contributed by atoms with E-state index >= 15 is 0 Å². The van der Waals surface area contributed by atoms with Crippen molar-refractivity contribution >= 4 is 21.1 Å². The molecule has 0 aromatic heterocycles. The van der Waals surface area contributed by atoms with E-state index in [4.69, 9.17) is 0 Å². The summed E-state index contributed by atoms with van der Waals surface area (Å²) in [6.07, 6.45) is 21.7. The summed E-state index contributed by atoms with van der Waals surface area (Å²) in [6.45, 7) is 0. The van der Waals surface area contributed by atoms with Gasteiger partial charge in [0.1, 0.15) is 0 Å². The first-order chi connectivity index (χ1) is 12.4. The zero-order valence-electron chi connectivity index (χ0n) is 15.9. The Kier molecular flexibility index (Phi) is 6.88. The van der Waals surface area contributed by atoms with Crippen LogP contribution in [0.3, 0.4) is 0 Å². The predicted octanol–water partition coefficient (Wildman–Crippen LogP) is 7.10. The smallest absolute Gasteiger partial charge is 0.0129 e. The Balaban J connectivity index is 1.48. The number of rotatable bonds is 5. The minimum Gasteiger partial charge on any atom is -0.0997 e. The Morgan fingerprint density at radius 2 is 1.32 bits per heavy atom. The van der Waals surface area contributed by atoms with Gasteiger partial charge < -0.3 is 0 Å². The van der Waals surface area contributed by atoms with E-state index in [1.165, 1.54) is 51.1 Å². The molecule has 0 bridgehead atoms. The molecule has 0 radical (unpaired) electrons. The summed E-state index contributed by atoms with van der Waals surface area (Å²) >= 11 is 0. The van der Waals surface area contributed by atoms with E-state index in [0.29, 0.717) is 7.92 Å². The number of hydrogen-bond donors (Lipinski definition) is 0. The van der Waals surface area contributed by atoms with Crippen molar-refractivity contribution < 1.29 is 0 Å².